The third-order valence-electron chi connectivity index (χ3n) is 5.10. The Labute approximate surface area is 181 Å². The molecule has 0 fully saturated rings. The minimum atomic E-state index is -0.666. The van der Waals surface area contributed by atoms with Crippen LogP contribution in [0.2, 0.25) is 0 Å². The first-order chi connectivity index (χ1) is 14.8. The van der Waals surface area contributed by atoms with Crippen LogP contribution in [0.5, 0.6) is 11.5 Å². The molecule has 0 saturated carbocycles. The third kappa shape index (κ3) is 4.02. The van der Waals surface area contributed by atoms with Crippen LogP contribution in [0.4, 0.5) is 0 Å². The Morgan fingerprint density at radius 1 is 0.645 bits per heavy atom. The molecule has 0 aliphatic rings. The zero-order valence-electron chi connectivity index (χ0n) is 18.1. The van der Waals surface area contributed by atoms with Crippen LogP contribution in [0.1, 0.15) is 27.7 Å². The van der Waals surface area contributed by atoms with Gasteiger partial charge in [-0.25, -0.2) is 0 Å². The van der Waals surface area contributed by atoms with Crippen LogP contribution < -0.4 is 9.47 Å². The second kappa shape index (κ2) is 7.88. The third-order valence-corrected chi connectivity index (χ3v) is 5.10. The maximum Gasteiger partial charge on any atom is 0.316 e. The molecule has 4 aromatic rings. The van der Waals surface area contributed by atoms with E-state index in [0.29, 0.717) is 11.5 Å². The van der Waals surface area contributed by atoms with E-state index < -0.39 is 11.4 Å². The van der Waals surface area contributed by atoms with E-state index in [1.54, 1.807) is 12.1 Å². The first kappa shape index (κ1) is 20.6. The highest BCUT2D eigenvalue weighted by Crippen LogP contribution is 2.45. The lowest BCUT2D eigenvalue weighted by molar-refractivity contribution is -0.143. The average Bonchev–Trinajstić information content (AvgIpc) is 2.73. The molecule has 0 bridgehead atoms. The molecule has 0 aromatic heterocycles. The van der Waals surface area contributed by atoms with E-state index in [-0.39, 0.29) is 5.97 Å². The lowest BCUT2D eigenvalue weighted by atomic mass is 9.92. The second-order valence-corrected chi connectivity index (χ2v) is 8.55. The number of esters is 2. The van der Waals surface area contributed by atoms with E-state index in [2.05, 4.69) is 0 Å². The van der Waals surface area contributed by atoms with Crippen LogP contribution in [0.25, 0.3) is 32.7 Å². The molecule has 0 radical (unpaired) electrons. The second-order valence-electron chi connectivity index (χ2n) is 8.55. The molecule has 0 spiro atoms. The van der Waals surface area contributed by atoms with Crippen LogP contribution in [-0.2, 0) is 9.59 Å². The van der Waals surface area contributed by atoms with Gasteiger partial charge in [-0.3, -0.25) is 9.59 Å². The highest BCUT2D eigenvalue weighted by atomic mass is 16.5. The van der Waals surface area contributed by atoms with Gasteiger partial charge in [0, 0.05) is 18.1 Å². The van der Waals surface area contributed by atoms with Crippen LogP contribution in [0.3, 0.4) is 0 Å². The summed E-state index contributed by atoms with van der Waals surface area (Å²) in [7, 11) is 0. The van der Waals surface area contributed by atoms with Crippen molar-refractivity contribution in [1.82, 2.24) is 0 Å². The summed E-state index contributed by atoms with van der Waals surface area (Å²) < 4.78 is 11.5. The number of hydrogen-bond donors (Lipinski definition) is 0. The summed E-state index contributed by atoms with van der Waals surface area (Å²) >= 11 is 0. The lowest BCUT2D eigenvalue weighted by Gasteiger charge is -2.21. The molecule has 156 valence electrons. The normalized spacial score (nSPS) is 11.5. The zero-order valence-corrected chi connectivity index (χ0v) is 18.1. The molecule has 0 saturated heterocycles. The van der Waals surface area contributed by atoms with Crippen molar-refractivity contribution in [1.29, 1.82) is 0 Å². The van der Waals surface area contributed by atoms with Gasteiger partial charge in [0.15, 0.2) is 0 Å². The summed E-state index contributed by atoms with van der Waals surface area (Å²) in [6.45, 7) is 6.83. The molecule has 31 heavy (non-hydrogen) atoms. The molecule has 0 heterocycles. The van der Waals surface area contributed by atoms with Crippen molar-refractivity contribution in [3.8, 4) is 22.6 Å². The molecule has 0 aliphatic heterocycles. The smallest absolute Gasteiger partial charge is 0.316 e. The average molecular weight is 412 g/mol. The number of fused-ring (bicyclic) bond motifs is 2. The minimum absolute atomic E-state index is 0.335. The van der Waals surface area contributed by atoms with Crippen LogP contribution in [0.15, 0.2) is 72.8 Å². The topological polar surface area (TPSA) is 52.6 Å². The predicted molar refractivity (Wildman–Crippen MR) is 123 cm³/mol. The summed E-state index contributed by atoms with van der Waals surface area (Å²) in [6.07, 6.45) is 0. The number of ether oxygens (including phenoxy) is 2. The van der Waals surface area contributed by atoms with Crippen molar-refractivity contribution in [3.63, 3.8) is 0 Å². The summed E-state index contributed by atoms with van der Waals surface area (Å²) in [5.74, 6) is 0.113. The molecule has 0 amide bonds. The summed E-state index contributed by atoms with van der Waals surface area (Å²) in [6, 6.07) is 23.2. The number of rotatable bonds is 3. The van der Waals surface area contributed by atoms with Gasteiger partial charge < -0.3 is 9.47 Å². The Morgan fingerprint density at radius 2 is 1.10 bits per heavy atom. The van der Waals surface area contributed by atoms with Gasteiger partial charge in [0.25, 0.3) is 0 Å². The molecule has 4 rings (SSSR count). The van der Waals surface area contributed by atoms with Gasteiger partial charge in [0.1, 0.15) is 11.5 Å². The molecule has 4 nitrogen and oxygen atoms in total. The SMILES string of the molecule is CC(=O)Oc1ccc2ccccc2c1-c1c(OC(=O)C(C)(C)C)ccc2ccccc12. The molecule has 0 unspecified atom stereocenters. The Hall–Kier alpha value is -3.66. The number of benzene rings is 4. The van der Waals surface area contributed by atoms with Crippen molar-refractivity contribution in [2.75, 3.05) is 0 Å². The summed E-state index contributed by atoms with van der Waals surface area (Å²) in [5, 5.41) is 3.81. The standard InChI is InChI=1S/C27H24O4/c1-17(28)30-22-15-13-18-9-5-7-11-20(18)24(22)25-21-12-8-6-10-19(21)14-16-23(25)31-26(29)27(2,3)4/h5-16H,1-4H3. The highest BCUT2D eigenvalue weighted by Gasteiger charge is 2.27. The van der Waals surface area contributed by atoms with Gasteiger partial charge in [-0.05, 0) is 54.4 Å². The largest absolute Gasteiger partial charge is 0.426 e. The number of carbonyl (C=O) groups excluding carboxylic acids is 2. The lowest BCUT2D eigenvalue weighted by Crippen LogP contribution is -2.25. The Morgan fingerprint density at radius 3 is 1.55 bits per heavy atom. The van der Waals surface area contributed by atoms with Crippen LogP contribution in [0, 0.1) is 5.41 Å². The van der Waals surface area contributed by atoms with Gasteiger partial charge in [-0.2, -0.15) is 0 Å². The Kier molecular flexibility index (Phi) is 5.24. The molecule has 4 aromatic carbocycles. The van der Waals surface area contributed by atoms with Gasteiger partial charge in [0.05, 0.1) is 5.41 Å². The molecule has 0 atom stereocenters. The van der Waals surface area contributed by atoms with Gasteiger partial charge in [-0.15, -0.1) is 0 Å². The maximum atomic E-state index is 12.8. The number of carbonyl (C=O) groups is 2. The molecule has 0 N–H and O–H groups in total. The minimum Gasteiger partial charge on any atom is -0.426 e. The van der Waals surface area contributed by atoms with Gasteiger partial charge >= 0.3 is 11.9 Å². The van der Waals surface area contributed by atoms with Gasteiger partial charge in [0.2, 0.25) is 0 Å². The fourth-order valence-corrected chi connectivity index (χ4v) is 3.60. The van der Waals surface area contributed by atoms with Gasteiger partial charge in [-0.1, -0.05) is 60.7 Å². The molecule has 0 aliphatic carbocycles. The van der Waals surface area contributed by atoms with E-state index in [4.69, 9.17) is 9.47 Å². The van der Waals surface area contributed by atoms with Crippen molar-refractivity contribution in [2.45, 2.75) is 27.7 Å². The monoisotopic (exact) mass is 412 g/mol. The van der Waals surface area contributed by atoms with Crippen LogP contribution in [-0.4, -0.2) is 11.9 Å². The van der Waals surface area contributed by atoms with E-state index in [9.17, 15) is 9.59 Å². The van der Waals surface area contributed by atoms with E-state index in [0.717, 1.165) is 32.7 Å². The number of hydrogen-bond acceptors (Lipinski definition) is 4. The fraction of sp³-hybridized carbons (Fsp3) is 0.185. The Balaban J connectivity index is 2.09. The predicted octanol–water partition coefficient (Wildman–Crippen LogP) is 6.54. The van der Waals surface area contributed by atoms with Crippen molar-refractivity contribution < 1.29 is 19.1 Å². The fourth-order valence-electron chi connectivity index (χ4n) is 3.60. The van der Waals surface area contributed by atoms with E-state index in [1.807, 2.05) is 81.4 Å². The molecular formula is C27H24O4. The maximum absolute atomic E-state index is 12.8. The van der Waals surface area contributed by atoms with Crippen molar-refractivity contribution >= 4 is 33.5 Å². The summed E-state index contributed by atoms with van der Waals surface area (Å²) in [5.41, 5.74) is 0.783. The van der Waals surface area contributed by atoms with Crippen LogP contribution >= 0.6 is 0 Å². The zero-order chi connectivity index (χ0) is 22.2. The van der Waals surface area contributed by atoms with E-state index >= 15 is 0 Å². The quantitative estimate of drug-likeness (QED) is 0.283. The first-order valence-electron chi connectivity index (χ1n) is 10.2. The summed E-state index contributed by atoms with van der Waals surface area (Å²) in [4.78, 5) is 24.7. The molecule has 4 heteroatoms. The van der Waals surface area contributed by atoms with Crippen molar-refractivity contribution in [3.05, 3.63) is 72.8 Å². The highest BCUT2D eigenvalue weighted by molar-refractivity contribution is 6.10. The molecular weight excluding hydrogens is 388 g/mol. The van der Waals surface area contributed by atoms with E-state index in [1.165, 1.54) is 6.92 Å². The Bertz CT molecular complexity index is 1310. The van der Waals surface area contributed by atoms with Crippen molar-refractivity contribution in [2.24, 2.45) is 5.41 Å². The first-order valence-corrected chi connectivity index (χ1v) is 10.2.